The van der Waals surface area contributed by atoms with Crippen molar-refractivity contribution in [2.24, 2.45) is 11.8 Å². The number of fused-ring (bicyclic) bond motifs is 1. The second kappa shape index (κ2) is 5.97. The van der Waals surface area contributed by atoms with Gasteiger partial charge in [0.1, 0.15) is 6.10 Å². The highest BCUT2D eigenvalue weighted by Gasteiger charge is 2.59. The number of rotatable bonds is 3. The average Bonchev–Trinajstić information content (AvgIpc) is 3.03. The third kappa shape index (κ3) is 2.63. The zero-order valence-corrected chi connectivity index (χ0v) is 13.4. The second-order valence-electron chi connectivity index (χ2n) is 6.28. The van der Waals surface area contributed by atoms with E-state index in [4.69, 9.17) is 17.0 Å². The minimum Gasteiger partial charge on any atom is -0.454 e. The van der Waals surface area contributed by atoms with Crippen LogP contribution in [0.5, 0.6) is 0 Å². The molecule has 0 aromatic heterocycles. The zero-order valence-electron chi connectivity index (χ0n) is 12.6. The summed E-state index contributed by atoms with van der Waals surface area (Å²) >= 11 is 5.41. The molecule has 2 fully saturated rings. The van der Waals surface area contributed by atoms with Crippen LogP contribution in [0, 0.1) is 11.8 Å². The van der Waals surface area contributed by atoms with Gasteiger partial charge in [-0.25, -0.2) is 0 Å². The van der Waals surface area contributed by atoms with Crippen LogP contribution in [0.4, 0.5) is 0 Å². The molecule has 22 heavy (non-hydrogen) atoms. The summed E-state index contributed by atoms with van der Waals surface area (Å²) in [4.78, 5) is 11.7. The molecule has 5 heteroatoms. The van der Waals surface area contributed by atoms with Gasteiger partial charge in [-0.1, -0.05) is 36.8 Å². The number of nitrogens with one attached hydrogen (secondary N) is 1. The number of aliphatic hydroxyl groups is 1. The predicted molar refractivity (Wildman–Crippen MR) is 87.2 cm³/mol. The third-order valence-corrected chi connectivity index (χ3v) is 5.19. The van der Waals surface area contributed by atoms with Crippen molar-refractivity contribution < 1.29 is 14.6 Å². The average molecular weight is 319 g/mol. The Kier molecular flexibility index (Phi) is 4.19. The summed E-state index contributed by atoms with van der Waals surface area (Å²) in [5.74, 6) is 0.302. The lowest BCUT2D eigenvalue weighted by Crippen LogP contribution is -2.60. The Morgan fingerprint density at radius 3 is 2.77 bits per heavy atom. The largest absolute Gasteiger partial charge is 0.454 e. The highest BCUT2D eigenvalue weighted by molar-refractivity contribution is 7.80. The van der Waals surface area contributed by atoms with Gasteiger partial charge < -0.3 is 15.2 Å². The highest BCUT2D eigenvalue weighted by atomic mass is 32.1. The maximum Gasteiger partial charge on any atom is 0.219 e. The fourth-order valence-corrected chi connectivity index (χ4v) is 4.27. The van der Waals surface area contributed by atoms with Gasteiger partial charge in [0.15, 0.2) is 5.05 Å². The highest BCUT2D eigenvalue weighted by Crippen LogP contribution is 2.50. The van der Waals surface area contributed by atoms with Gasteiger partial charge in [0, 0.05) is 18.4 Å². The molecule has 0 bridgehead atoms. The van der Waals surface area contributed by atoms with Crippen molar-refractivity contribution in [1.82, 2.24) is 5.32 Å². The van der Waals surface area contributed by atoms with Crippen LogP contribution >= 0.6 is 12.2 Å². The monoisotopic (exact) mass is 319 g/mol. The van der Waals surface area contributed by atoms with E-state index in [2.05, 4.69) is 5.32 Å². The lowest BCUT2D eigenvalue weighted by molar-refractivity contribution is -0.137. The van der Waals surface area contributed by atoms with Gasteiger partial charge >= 0.3 is 0 Å². The number of thiocarbonyl (C=S) groups is 1. The Hall–Kier alpha value is -1.46. The van der Waals surface area contributed by atoms with Crippen LogP contribution in [0.2, 0.25) is 0 Å². The first-order valence-corrected chi connectivity index (χ1v) is 8.19. The summed E-state index contributed by atoms with van der Waals surface area (Å²) in [7, 11) is 0. The van der Waals surface area contributed by atoms with Crippen LogP contribution < -0.4 is 5.32 Å². The number of aliphatic hydroxyl groups excluding tert-OH is 1. The van der Waals surface area contributed by atoms with Crippen LogP contribution in [0.25, 0.3) is 0 Å². The Morgan fingerprint density at radius 2 is 2.09 bits per heavy atom. The first-order chi connectivity index (χ1) is 10.5. The maximum atomic E-state index is 11.7. The Morgan fingerprint density at radius 1 is 1.36 bits per heavy atom. The Labute approximate surface area is 135 Å². The number of hydrogen-bond acceptors (Lipinski definition) is 4. The van der Waals surface area contributed by atoms with E-state index >= 15 is 0 Å². The Bertz CT molecular complexity index is 577. The molecule has 4 nitrogen and oxygen atoms in total. The van der Waals surface area contributed by atoms with Crippen LogP contribution in [-0.2, 0) is 9.53 Å². The minimum atomic E-state index is -1.08. The van der Waals surface area contributed by atoms with E-state index in [0.717, 1.165) is 24.8 Å². The summed E-state index contributed by atoms with van der Waals surface area (Å²) in [6.07, 6.45) is 3.05. The summed E-state index contributed by atoms with van der Waals surface area (Å²) in [6, 6.07) is 9.43. The lowest BCUT2D eigenvalue weighted by Gasteiger charge is -2.38. The molecule has 2 saturated carbocycles. The first-order valence-electron chi connectivity index (χ1n) is 7.78. The molecule has 2 aliphatic rings. The number of hydrogen-bond donors (Lipinski definition) is 2. The number of ether oxygens (including phenoxy) is 1. The quantitative estimate of drug-likeness (QED) is 0.663. The van der Waals surface area contributed by atoms with E-state index in [1.807, 2.05) is 30.3 Å². The zero-order chi connectivity index (χ0) is 15.7. The summed E-state index contributed by atoms with van der Waals surface area (Å²) in [6.45, 7) is 1.45. The molecule has 0 heterocycles. The fraction of sp³-hybridized carbons (Fsp3) is 0.529. The van der Waals surface area contributed by atoms with Gasteiger partial charge in [0.2, 0.25) is 11.6 Å². The fourth-order valence-electron chi connectivity index (χ4n) is 4.00. The molecule has 4 atom stereocenters. The predicted octanol–water partition coefficient (Wildman–Crippen LogP) is 2.39. The van der Waals surface area contributed by atoms with Crippen LogP contribution in [-0.4, -0.2) is 27.9 Å². The SMILES string of the molecule is CC(=O)NC1(OC(=S)c2ccccc2)C2CCCC2C[C@@H]1O. The molecule has 0 aliphatic heterocycles. The van der Waals surface area contributed by atoms with Crippen molar-refractivity contribution in [2.45, 2.75) is 44.4 Å². The van der Waals surface area contributed by atoms with Crippen molar-refractivity contribution in [3.05, 3.63) is 35.9 Å². The van der Waals surface area contributed by atoms with Crippen molar-refractivity contribution >= 4 is 23.2 Å². The molecule has 118 valence electrons. The number of carbonyl (C=O) groups is 1. The molecule has 1 aromatic rings. The van der Waals surface area contributed by atoms with Crippen LogP contribution in [0.1, 0.15) is 38.2 Å². The van der Waals surface area contributed by atoms with Crippen molar-refractivity contribution in [2.75, 3.05) is 0 Å². The summed E-state index contributed by atoms with van der Waals surface area (Å²) in [5.41, 5.74) is -0.296. The molecule has 2 aliphatic carbocycles. The smallest absolute Gasteiger partial charge is 0.219 e. The second-order valence-corrected chi connectivity index (χ2v) is 6.65. The van der Waals surface area contributed by atoms with Gasteiger partial charge in [-0.05, 0) is 37.4 Å². The topological polar surface area (TPSA) is 58.6 Å². The molecule has 3 unspecified atom stereocenters. The van der Waals surface area contributed by atoms with E-state index in [9.17, 15) is 9.90 Å². The molecule has 3 rings (SSSR count). The van der Waals surface area contributed by atoms with E-state index in [-0.39, 0.29) is 11.8 Å². The summed E-state index contributed by atoms with van der Waals surface area (Å²) in [5, 5.41) is 13.8. The molecule has 0 radical (unpaired) electrons. The third-order valence-electron chi connectivity index (χ3n) is 4.87. The van der Waals surface area contributed by atoms with Crippen LogP contribution in [0.15, 0.2) is 30.3 Å². The lowest BCUT2D eigenvalue weighted by atomic mass is 9.93. The number of benzene rings is 1. The number of carbonyl (C=O) groups excluding carboxylic acids is 1. The van der Waals surface area contributed by atoms with E-state index in [0.29, 0.717) is 17.4 Å². The molecule has 2 N–H and O–H groups in total. The Balaban J connectivity index is 1.90. The molecular formula is C17H21NO3S. The van der Waals surface area contributed by atoms with Gasteiger partial charge in [0.25, 0.3) is 0 Å². The maximum absolute atomic E-state index is 11.7. The van der Waals surface area contributed by atoms with Crippen LogP contribution in [0.3, 0.4) is 0 Å². The van der Waals surface area contributed by atoms with Gasteiger partial charge in [0.05, 0.1) is 0 Å². The van der Waals surface area contributed by atoms with E-state index in [1.165, 1.54) is 6.92 Å². The molecule has 1 amide bonds. The summed E-state index contributed by atoms with van der Waals surface area (Å²) < 4.78 is 6.07. The van der Waals surface area contributed by atoms with Gasteiger partial charge in [-0.3, -0.25) is 4.79 Å². The standard InChI is InChI=1S/C17H21NO3S/c1-11(19)18-17(14-9-5-8-13(14)10-15(17)20)21-16(22)12-6-3-2-4-7-12/h2-4,6-7,13-15,20H,5,8-10H2,1H3,(H,18,19)/t13?,14?,15-,17?/m0/s1. The van der Waals surface area contributed by atoms with E-state index < -0.39 is 11.8 Å². The normalized spacial score (nSPS) is 33.3. The van der Waals surface area contributed by atoms with Gasteiger partial charge in [-0.2, -0.15) is 0 Å². The molecular weight excluding hydrogens is 298 g/mol. The minimum absolute atomic E-state index is 0.119. The van der Waals surface area contributed by atoms with Crippen molar-refractivity contribution in [1.29, 1.82) is 0 Å². The van der Waals surface area contributed by atoms with Crippen molar-refractivity contribution in [3.63, 3.8) is 0 Å². The molecule has 1 aromatic carbocycles. The number of amides is 1. The first kappa shape index (κ1) is 15.4. The van der Waals surface area contributed by atoms with Crippen molar-refractivity contribution in [3.8, 4) is 0 Å². The van der Waals surface area contributed by atoms with E-state index in [1.54, 1.807) is 0 Å². The molecule has 0 saturated heterocycles. The van der Waals surface area contributed by atoms with Gasteiger partial charge in [-0.15, -0.1) is 0 Å². The molecule has 0 spiro atoms.